The van der Waals surface area contributed by atoms with Gasteiger partial charge in [-0.2, -0.15) is 0 Å². The first kappa shape index (κ1) is 12.4. The Morgan fingerprint density at radius 1 is 1.41 bits per heavy atom. The van der Waals surface area contributed by atoms with Crippen LogP contribution in [0.15, 0.2) is 24.3 Å². The maximum absolute atomic E-state index is 9.95. The SMILES string of the molecule is CCC(c1ccccc1O)N1CC(C)C(N)C1. The normalized spacial score (nSPS) is 27.2. The second-order valence-corrected chi connectivity index (χ2v) is 5.08. The summed E-state index contributed by atoms with van der Waals surface area (Å²) in [7, 11) is 0. The summed E-state index contributed by atoms with van der Waals surface area (Å²) in [6, 6.07) is 8.17. The molecule has 0 amide bonds. The highest BCUT2D eigenvalue weighted by Gasteiger charge is 2.32. The van der Waals surface area contributed by atoms with Crippen LogP contribution in [0.25, 0.3) is 0 Å². The van der Waals surface area contributed by atoms with Crippen molar-refractivity contribution >= 4 is 0 Å². The third kappa shape index (κ3) is 2.45. The van der Waals surface area contributed by atoms with Crippen molar-refractivity contribution in [3.8, 4) is 5.75 Å². The molecule has 94 valence electrons. The van der Waals surface area contributed by atoms with E-state index in [0.29, 0.717) is 11.7 Å². The molecule has 0 aliphatic carbocycles. The molecule has 1 aromatic carbocycles. The number of aromatic hydroxyl groups is 1. The first-order valence-electron chi connectivity index (χ1n) is 6.41. The minimum absolute atomic E-state index is 0.259. The van der Waals surface area contributed by atoms with Gasteiger partial charge in [0.25, 0.3) is 0 Å². The summed E-state index contributed by atoms with van der Waals surface area (Å²) in [5.74, 6) is 0.933. The molecule has 3 heteroatoms. The molecule has 0 radical (unpaired) electrons. The average Bonchev–Trinajstić information content (AvgIpc) is 2.63. The van der Waals surface area contributed by atoms with Crippen LogP contribution in [0.5, 0.6) is 5.75 Å². The molecule has 1 aliphatic heterocycles. The zero-order chi connectivity index (χ0) is 12.4. The third-order valence-electron chi connectivity index (χ3n) is 3.82. The highest BCUT2D eigenvalue weighted by atomic mass is 16.3. The Balaban J connectivity index is 2.20. The monoisotopic (exact) mass is 234 g/mol. The molecule has 3 unspecified atom stereocenters. The average molecular weight is 234 g/mol. The van der Waals surface area contributed by atoms with E-state index in [2.05, 4.69) is 18.7 Å². The fourth-order valence-corrected chi connectivity index (χ4v) is 2.73. The van der Waals surface area contributed by atoms with Crippen molar-refractivity contribution in [2.24, 2.45) is 11.7 Å². The molecule has 2 rings (SSSR count). The highest BCUT2D eigenvalue weighted by molar-refractivity contribution is 5.34. The summed E-state index contributed by atoms with van der Waals surface area (Å²) in [6.07, 6.45) is 0.997. The predicted molar refractivity (Wildman–Crippen MR) is 69.9 cm³/mol. The van der Waals surface area contributed by atoms with Gasteiger partial charge in [-0.15, -0.1) is 0 Å². The van der Waals surface area contributed by atoms with Gasteiger partial charge >= 0.3 is 0 Å². The molecule has 1 heterocycles. The van der Waals surface area contributed by atoms with Crippen LogP contribution in [0.1, 0.15) is 31.9 Å². The second kappa shape index (κ2) is 5.07. The molecule has 0 saturated carbocycles. The number of benzene rings is 1. The van der Waals surface area contributed by atoms with Crippen LogP contribution in [0.4, 0.5) is 0 Å². The molecule has 17 heavy (non-hydrogen) atoms. The summed E-state index contributed by atoms with van der Waals surface area (Å²) >= 11 is 0. The zero-order valence-corrected chi connectivity index (χ0v) is 10.6. The number of phenols is 1. The second-order valence-electron chi connectivity index (χ2n) is 5.08. The van der Waals surface area contributed by atoms with Crippen LogP contribution in [0.3, 0.4) is 0 Å². The van der Waals surface area contributed by atoms with E-state index in [1.807, 2.05) is 18.2 Å². The Labute approximate surface area is 103 Å². The van der Waals surface area contributed by atoms with Gasteiger partial charge < -0.3 is 10.8 Å². The minimum atomic E-state index is 0.259. The van der Waals surface area contributed by atoms with E-state index < -0.39 is 0 Å². The number of nitrogens with zero attached hydrogens (tertiary/aromatic N) is 1. The van der Waals surface area contributed by atoms with Crippen LogP contribution in [-0.2, 0) is 0 Å². The van der Waals surface area contributed by atoms with Gasteiger partial charge in [-0.25, -0.2) is 0 Å². The smallest absolute Gasteiger partial charge is 0.120 e. The summed E-state index contributed by atoms with van der Waals surface area (Å²) in [5.41, 5.74) is 7.10. The molecule has 0 bridgehead atoms. The number of para-hydroxylation sites is 1. The Morgan fingerprint density at radius 2 is 2.12 bits per heavy atom. The number of hydrogen-bond acceptors (Lipinski definition) is 3. The molecule has 0 spiro atoms. The minimum Gasteiger partial charge on any atom is -0.508 e. The van der Waals surface area contributed by atoms with Crippen LogP contribution in [0.2, 0.25) is 0 Å². The van der Waals surface area contributed by atoms with E-state index in [0.717, 1.165) is 25.1 Å². The maximum atomic E-state index is 9.95. The van der Waals surface area contributed by atoms with Crippen molar-refractivity contribution in [3.05, 3.63) is 29.8 Å². The van der Waals surface area contributed by atoms with E-state index in [9.17, 15) is 5.11 Å². The van der Waals surface area contributed by atoms with Gasteiger partial charge in [-0.1, -0.05) is 32.0 Å². The molecule has 0 aromatic heterocycles. The van der Waals surface area contributed by atoms with Crippen molar-refractivity contribution in [3.63, 3.8) is 0 Å². The van der Waals surface area contributed by atoms with Gasteiger partial charge in [0.2, 0.25) is 0 Å². The first-order chi connectivity index (χ1) is 8.13. The molecular weight excluding hydrogens is 212 g/mol. The van der Waals surface area contributed by atoms with E-state index in [4.69, 9.17) is 5.73 Å². The number of hydrogen-bond donors (Lipinski definition) is 2. The van der Waals surface area contributed by atoms with Gasteiger partial charge in [0.05, 0.1) is 0 Å². The predicted octanol–water partition coefficient (Wildman–Crippen LogP) is 2.12. The molecule has 3 nitrogen and oxygen atoms in total. The van der Waals surface area contributed by atoms with Crippen molar-refractivity contribution in [2.75, 3.05) is 13.1 Å². The van der Waals surface area contributed by atoms with Gasteiger partial charge in [-0.05, 0) is 18.4 Å². The summed E-state index contributed by atoms with van der Waals surface area (Å²) < 4.78 is 0. The summed E-state index contributed by atoms with van der Waals surface area (Å²) in [5, 5.41) is 9.95. The number of likely N-dealkylation sites (tertiary alicyclic amines) is 1. The van der Waals surface area contributed by atoms with Gasteiger partial charge in [-0.3, -0.25) is 4.90 Å². The van der Waals surface area contributed by atoms with E-state index in [1.54, 1.807) is 6.07 Å². The fourth-order valence-electron chi connectivity index (χ4n) is 2.73. The summed E-state index contributed by atoms with van der Waals surface area (Å²) in [6.45, 7) is 6.30. The Kier molecular flexibility index (Phi) is 3.69. The van der Waals surface area contributed by atoms with E-state index >= 15 is 0 Å². The highest BCUT2D eigenvalue weighted by Crippen LogP contribution is 2.33. The first-order valence-corrected chi connectivity index (χ1v) is 6.41. The van der Waals surface area contributed by atoms with Crippen molar-refractivity contribution in [1.29, 1.82) is 0 Å². The molecular formula is C14H22N2O. The lowest BCUT2D eigenvalue weighted by Crippen LogP contribution is -2.30. The number of phenolic OH excluding ortho intramolecular Hbond substituents is 1. The Bertz CT molecular complexity index is 370. The number of rotatable bonds is 3. The Hall–Kier alpha value is -1.06. The zero-order valence-electron chi connectivity index (χ0n) is 10.6. The summed E-state index contributed by atoms with van der Waals surface area (Å²) in [4.78, 5) is 2.39. The Morgan fingerprint density at radius 3 is 2.65 bits per heavy atom. The lowest BCUT2D eigenvalue weighted by molar-refractivity contribution is 0.226. The molecule has 1 saturated heterocycles. The number of nitrogens with two attached hydrogens (primary N) is 1. The molecule has 1 fully saturated rings. The van der Waals surface area contributed by atoms with E-state index in [-0.39, 0.29) is 12.1 Å². The van der Waals surface area contributed by atoms with Crippen LogP contribution < -0.4 is 5.73 Å². The van der Waals surface area contributed by atoms with E-state index in [1.165, 1.54) is 0 Å². The van der Waals surface area contributed by atoms with Gasteiger partial charge in [0.15, 0.2) is 0 Å². The van der Waals surface area contributed by atoms with Gasteiger partial charge in [0, 0.05) is 30.7 Å². The van der Waals surface area contributed by atoms with Crippen molar-refractivity contribution in [1.82, 2.24) is 4.90 Å². The van der Waals surface area contributed by atoms with Crippen LogP contribution in [0, 0.1) is 5.92 Å². The topological polar surface area (TPSA) is 49.5 Å². The third-order valence-corrected chi connectivity index (χ3v) is 3.82. The van der Waals surface area contributed by atoms with Crippen LogP contribution >= 0.6 is 0 Å². The molecule has 3 N–H and O–H groups in total. The fraction of sp³-hybridized carbons (Fsp3) is 0.571. The standard InChI is InChI=1S/C14H22N2O/c1-3-13(11-6-4-5-7-14(11)17)16-8-10(2)12(15)9-16/h4-7,10,12-13,17H,3,8-9,15H2,1-2H3. The largest absolute Gasteiger partial charge is 0.508 e. The van der Waals surface area contributed by atoms with Gasteiger partial charge in [0.1, 0.15) is 5.75 Å². The lowest BCUT2D eigenvalue weighted by atomic mass is 10.0. The molecule has 1 aromatic rings. The quantitative estimate of drug-likeness (QED) is 0.842. The van der Waals surface area contributed by atoms with Crippen molar-refractivity contribution < 1.29 is 5.11 Å². The lowest BCUT2D eigenvalue weighted by Gasteiger charge is -2.27. The van der Waals surface area contributed by atoms with Crippen molar-refractivity contribution in [2.45, 2.75) is 32.4 Å². The maximum Gasteiger partial charge on any atom is 0.120 e. The molecule has 1 aliphatic rings. The van der Waals surface area contributed by atoms with Crippen LogP contribution in [-0.4, -0.2) is 29.1 Å². The molecule has 3 atom stereocenters.